The van der Waals surface area contributed by atoms with Gasteiger partial charge < -0.3 is 5.32 Å². The number of unbranched alkanes of at least 4 members (excludes halogenated alkanes) is 4. The van der Waals surface area contributed by atoms with Crippen molar-refractivity contribution in [1.82, 2.24) is 5.32 Å². The maximum absolute atomic E-state index is 3.99. The average Bonchev–Trinajstić information content (AvgIpc) is 2.41. The Bertz CT molecular complexity index is 184. The van der Waals surface area contributed by atoms with Gasteiger partial charge in [0.15, 0.2) is 0 Å². The van der Waals surface area contributed by atoms with Crippen LogP contribution in [0.2, 0.25) is 0 Å². The minimum Gasteiger partial charge on any atom is -0.311 e. The molecule has 0 aliphatic heterocycles. The van der Waals surface area contributed by atoms with Gasteiger partial charge in [0.25, 0.3) is 0 Å². The molecule has 114 valence electrons. The predicted octanol–water partition coefficient (Wildman–Crippen LogP) is 5.68. The lowest BCUT2D eigenvalue weighted by Gasteiger charge is -2.31. The number of hydrogen-bond donors (Lipinski definition) is 1. The zero-order valence-corrected chi connectivity index (χ0v) is 13.7. The second-order valence-electron chi connectivity index (χ2n) is 6.81. The molecule has 0 spiro atoms. The van der Waals surface area contributed by atoms with Gasteiger partial charge in [-0.2, -0.15) is 0 Å². The zero-order chi connectivity index (χ0) is 13.9. The molecule has 0 radical (unpaired) electrons. The molecule has 0 bridgehead atoms. The number of rotatable bonds is 10. The van der Waals surface area contributed by atoms with Crippen molar-refractivity contribution >= 4 is 0 Å². The highest BCUT2D eigenvalue weighted by Gasteiger charge is 2.20. The molecule has 0 heterocycles. The van der Waals surface area contributed by atoms with Crippen LogP contribution in [0.1, 0.15) is 97.8 Å². The quantitative estimate of drug-likeness (QED) is 0.502. The van der Waals surface area contributed by atoms with E-state index in [9.17, 15) is 0 Å². The summed E-state index contributed by atoms with van der Waals surface area (Å²) in [6, 6.07) is 1.63. The molecule has 0 amide bonds. The molecule has 0 aromatic rings. The van der Waals surface area contributed by atoms with Crippen LogP contribution in [-0.2, 0) is 0 Å². The van der Waals surface area contributed by atoms with Crippen LogP contribution >= 0.6 is 0 Å². The van der Waals surface area contributed by atoms with Crippen LogP contribution in [0.4, 0.5) is 0 Å². The lowest BCUT2D eigenvalue weighted by molar-refractivity contribution is 0.271. The van der Waals surface area contributed by atoms with Crippen LogP contribution in [0.3, 0.4) is 0 Å². The molecular weight excluding hydrogens is 230 g/mol. The Hall–Kier alpha value is -0.0400. The number of nitrogens with one attached hydrogen (secondary N) is 1. The van der Waals surface area contributed by atoms with Gasteiger partial charge in [-0.05, 0) is 44.4 Å². The Labute approximate surface area is 121 Å². The van der Waals surface area contributed by atoms with Crippen molar-refractivity contribution in [3.05, 3.63) is 0 Å². The van der Waals surface area contributed by atoms with Gasteiger partial charge in [0.1, 0.15) is 0 Å². The summed E-state index contributed by atoms with van der Waals surface area (Å²) in [5, 5.41) is 3.99. The first kappa shape index (κ1) is 17.0. The van der Waals surface area contributed by atoms with Crippen LogP contribution in [0.15, 0.2) is 0 Å². The molecule has 1 aliphatic rings. The first-order valence-corrected chi connectivity index (χ1v) is 9.02. The van der Waals surface area contributed by atoms with E-state index in [0.29, 0.717) is 0 Å². The van der Waals surface area contributed by atoms with Crippen LogP contribution in [-0.4, -0.2) is 12.1 Å². The molecule has 1 rings (SSSR count). The molecule has 1 N–H and O–H groups in total. The van der Waals surface area contributed by atoms with Crippen molar-refractivity contribution in [3.63, 3.8) is 0 Å². The first-order valence-electron chi connectivity index (χ1n) is 9.02. The van der Waals surface area contributed by atoms with E-state index in [1.807, 2.05) is 0 Å². The van der Waals surface area contributed by atoms with E-state index in [-0.39, 0.29) is 0 Å². The molecule has 1 saturated carbocycles. The maximum Gasteiger partial charge on any atom is 0.00698 e. The summed E-state index contributed by atoms with van der Waals surface area (Å²) in [7, 11) is 0. The summed E-state index contributed by atoms with van der Waals surface area (Å²) in [4.78, 5) is 0. The Morgan fingerprint density at radius 3 is 1.84 bits per heavy atom. The third-order valence-corrected chi connectivity index (χ3v) is 4.80. The lowest BCUT2D eigenvalue weighted by Crippen LogP contribution is -2.40. The lowest BCUT2D eigenvalue weighted by atomic mass is 9.86. The Morgan fingerprint density at radius 1 is 0.842 bits per heavy atom. The van der Waals surface area contributed by atoms with Crippen molar-refractivity contribution in [3.8, 4) is 0 Å². The van der Waals surface area contributed by atoms with Crippen molar-refractivity contribution in [1.29, 1.82) is 0 Å². The van der Waals surface area contributed by atoms with E-state index in [0.717, 1.165) is 18.0 Å². The Balaban J connectivity index is 2.25. The van der Waals surface area contributed by atoms with Gasteiger partial charge in [-0.1, -0.05) is 59.3 Å². The van der Waals surface area contributed by atoms with E-state index < -0.39 is 0 Å². The monoisotopic (exact) mass is 267 g/mol. The summed E-state index contributed by atoms with van der Waals surface area (Å²) in [6.45, 7) is 7.03. The Kier molecular flexibility index (Phi) is 9.59. The Morgan fingerprint density at radius 2 is 1.37 bits per heavy atom. The fraction of sp³-hybridized carbons (Fsp3) is 1.00. The van der Waals surface area contributed by atoms with Gasteiger partial charge in [0, 0.05) is 12.1 Å². The molecule has 0 aromatic heterocycles. The van der Waals surface area contributed by atoms with Crippen LogP contribution < -0.4 is 5.32 Å². The summed E-state index contributed by atoms with van der Waals surface area (Å²) in [5.41, 5.74) is 0. The SMILES string of the molecule is CCCCCC(CCCCC)NC1CCC(C)CC1. The normalized spacial score (nSPS) is 24.0. The fourth-order valence-electron chi connectivity index (χ4n) is 3.35. The van der Waals surface area contributed by atoms with E-state index >= 15 is 0 Å². The van der Waals surface area contributed by atoms with Crippen LogP contribution in [0.25, 0.3) is 0 Å². The molecule has 1 heteroatoms. The zero-order valence-electron chi connectivity index (χ0n) is 13.7. The molecule has 1 aliphatic carbocycles. The minimum atomic E-state index is 0.802. The average molecular weight is 268 g/mol. The predicted molar refractivity (Wildman–Crippen MR) is 86.6 cm³/mol. The van der Waals surface area contributed by atoms with Gasteiger partial charge >= 0.3 is 0 Å². The molecule has 0 saturated heterocycles. The smallest absolute Gasteiger partial charge is 0.00698 e. The van der Waals surface area contributed by atoms with Crippen LogP contribution in [0.5, 0.6) is 0 Å². The standard InChI is InChI=1S/C18H37N/c1-4-6-8-10-17(11-9-7-5-2)19-18-14-12-16(3)13-15-18/h16-19H,4-15H2,1-3H3. The van der Waals surface area contributed by atoms with Gasteiger partial charge in [0.05, 0.1) is 0 Å². The topological polar surface area (TPSA) is 12.0 Å². The van der Waals surface area contributed by atoms with E-state index in [4.69, 9.17) is 0 Å². The van der Waals surface area contributed by atoms with Crippen molar-refractivity contribution in [2.75, 3.05) is 0 Å². The van der Waals surface area contributed by atoms with Crippen molar-refractivity contribution in [2.45, 2.75) is 110 Å². The minimum absolute atomic E-state index is 0.802. The highest BCUT2D eigenvalue weighted by atomic mass is 14.9. The second-order valence-corrected chi connectivity index (χ2v) is 6.81. The van der Waals surface area contributed by atoms with Crippen molar-refractivity contribution in [2.24, 2.45) is 5.92 Å². The van der Waals surface area contributed by atoms with Gasteiger partial charge in [0.2, 0.25) is 0 Å². The van der Waals surface area contributed by atoms with Gasteiger partial charge in [-0.3, -0.25) is 0 Å². The van der Waals surface area contributed by atoms with Crippen LogP contribution in [0, 0.1) is 5.92 Å². The highest BCUT2D eigenvalue weighted by Crippen LogP contribution is 2.24. The third kappa shape index (κ3) is 7.97. The molecule has 1 fully saturated rings. The third-order valence-electron chi connectivity index (χ3n) is 4.80. The van der Waals surface area contributed by atoms with Gasteiger partial charge in [-0.25, -0.2) is 0 Å². The van der Waals surface area contributed by atoms with Gasteiger partial charge in [-0.15, -0.1) is 0 Å². The summed E-state index contributed by atoms with van der Waals surface area (Å²) >= 11 is 0. The molecule has 0 unspecified atom stereocenters. The first-order chi connectivity index (χ1) is 9.26. The summed E-state index contributed by atoms with van der Waals surface area (Å²) in [5.74, 6) is 0.969. The van der Waals surface area contributed by atoms with E-state index in [1.54, 1.807) is 0 Å². The molecule has 19 heavy (non-hydrogen) atoms. The summed E-state index contributed by atoms with van der Waals surface area (Å²) in [6.07, 6.45) is 16.9. The van der Waals surface area contributed by atoms with E-state index in [1.165, 1.54) is 77.0 Å². The highest BCUT2D eigenvalue weighted by molar-refractivity contribution is 4.79. The molecule has 0 aromatic carbocycles. The van der Waals surface area contributed by atoms with Crippen molar-refractivity contribution < 1.29 is 0 Å². The molecule has 0 atom stereocenters. The second kappa shape index (κ2) is 10.7. The maximum atomic E-state index is 3.99. The molecule has 1 nitrogen and oxygen atoms in total. The number of hydrogen-bond acceptors (Lipinski definition) is 1. The summed E-state index contributed by atoms with van der Waals surface area (Å²) < 4.78 is 0. The van der Waals surface area contributed by atoms with E-state index in [2.05, 4.69) is 26.1 Å². The molecular formula is C18H37N. The largest absolute Gasteiger partial charge is 0.311 e. The fourth-order valence-corrected chi connectivity index (χ4v) is 3.35.